The molecule has 0 amide bonds. The molecule has 2 N–H and O–H groups in total. The zero-order valence-corrected chi connectivity index (χ0v) is 14.1. The summed E-state index contributed by atoms with van der Waals surface area (Å²) in [5, 5.41) is 0.281. The SMILES string of the molecule is CCC1CCN(S(=O)(=O)c2ccc(C)cc2Cl)C(CN)C1. The van der Waals surface area contributed by atoms with Crippen LogP contribution in [0.2, 0.25) is 5.02 Å². The van der Waals surface area contributed by atoms with Crippen LogP contribution in [0.25, 0.3) is 0 Å². The van der Waals surface area contributed by atoms with E-state index in [1.165, 1.54) is 4.31 Å². The smallest absolute Gasteiger partial charge is 0.244 e. The maximum atomic E-state index is 12.9. The van der Waals surface area contributed by atoms with Crippen molar-refractivity contribution >= 4 is 21.6 Å². The van der Waals surface area contributed by atoms with E-state index in [4.69, 9.17) is 17.3 Å². The Hall–Kier alpha value is -0.620. The molecule has 0 aromatic heterocycles. The van der Waals surface area contributed by atoms with E-state index in [2.05, 4.69) is 6.92 Å². The van der Waals surface area contributed by atoms with Crippen molar-refractivity contribution in [1.82, 2.24) is 4.31 Å². The number of aryl methyl sites for hydroxylation is 1. The van der Waals surface area contributed by atoms with Crippen molar-refractivity contribution in [2.75, 3.05) is 13.1 Å². The Morgan fingerprint density at radius 3 is 2.71 bits per heavy atom. The first-order valence-electron chi connectivity index (χ1n) is 7.38. The molecule has 0 aliphatic carbocycles. The van der Waals surface area contributed by atoms with Crippen LogP contribution in [-0.4, -0.2) is 31.9 Å². The number of piperidine rings is 1. The van der Waals surface area contributed by atoms with Gasteiger partial charge in [0.2, 0.25) is 10.0 Å². The molecule has 2 atom stereocenters. The molecule has 0 bridgehead atoms. The second kappa shape index (κ2) is 6.65. The zero-order valence-electron chi connectivity index (χ0n) is 12.5. The molecule has 0 saturated carbocycles. The summed E-state index contributed by atoms with van der Waals surface area (Å²) in [6.07, 6.45) is 2.78. The molecule has 21 heavy (non-hydrogen) atoms. The van der Waals surface area contributed by atoms with Crippen molar-refractivity contribution in [3.63, 3.8) is 0 Å². The summed E-state index contributed by atoms with van der Waals surface area (Å²) in [6.45, 7) is 4.89. The second-order valence-corrected chi connectivity index (χ2v) is 8.00. The Balaban J connectivity index is 2.34. The highest BCUT2D eigenvalue weighted by atomic mass is 35.5. The summed E-state index contributed by atoms with van der Waals surface area (Å²) >= 11 is 6.14. The van der Waals surface area contributed by atoms with Crippen molar-refractivity contribution in [2.24, 2.45) is 11.7 Å². The van der Waals surface area contributed by atoms with Gasteiger partial charge in [0.25, 0.3) is 0 Å². The van der Waals surface area contributed by atoms with Gasteiger partial charge in [0, 0.05) is 19.1 Å². The molecular weight excluding hydrogens is 308 g/mol. The van der Waals surface area contributed by atoms with E-state index < -0.39 is 10.0 Å². The molecule has 6 heteroatoms. The summed E-state index contributed by atoms with van der Waals surface area (Å²) < 4.78 is 27.3. The van der Waals surface area contributed by atoms with E-state index in [-0.39, 0.29) is 16.0 Å². The predicted molar refractivity (Wildman–Crippen MR) is 85.9 cm³/mol. The van der Waals surface area contributed by atoms with Crippen molar-refractivity contribution < 1.29 is 8.42 Å². The fourth-order valence-electron chi connectivity index (χ4n) is 2.95. The van der Waals surface area contributed by atoms with Crippen LogP contribution in [0.5, 0.6) is 0 Å². The number of hydrogen-bond donors (Lipinski definition) is 1. The normalized spacial score (nSPS) is 24.2. The van der Waals surface area contributed by atoms with Gasteiger partial charge in [-0.3, -0.25) is 0 Å². The summed E-state index contributed by atoms with van der Waals surface area (Å²) in [5.41, 5.74) is 6.75. The van der Waals surface area contributed by atoms with Crippen molar-refractivity contribution in [1.29, 1.82) is 0 Å². The molecule has 1 aliphatic rings. The Bertz CT molecular complexity index is 604. The molecule has 1 aromatic rings. The number of nitrogens with two attached hydrogens (primary N) is 1. The van der Waals surface area contributed by atoms with Crippen LogP contribution >= 0.6 is 11.6 Å². The molecule has 1 heterocycles. The van der Waals surface area contributed by atoms with Crippen LogP contribution in [0, 0.1) is 12.8 Å². The molecule has 1 fully saturated rings. The van der Waals surface area contributed by atoms with E-state index in [1.807, 2.05) is 6.92 Å². The lowest BCUT2D eigenvalue weighted by molar-refractivity contribution is 0.197. The molecule has 1 saturated heterocycles. The van der Waals surface area contributed by atoms with Gasteiger partial charge in [-0.1, -0.05) is 31.0 Å². The number of halogens is 1. The third-order valence-corrected chi connectivity index (χ3v) is 6.73. The lowest BCUT2D eigenvalue weighted by Crippen LogP contribution is -2.49. The number of sulfonamides is 1. The van der Waals surface area contributed by atoms with E-state index in [0.717, 1.165) is 24.8 Å². The minimum absolute atomic E-state index is 0.133. The average Bonchev–Trinajstić information content (AvgIpc) is 2.46. The van der Waals surface area contributed by atoms with E-state index >= 15 is 0 Å². The fraction of sp³-hybridized carbons (Fsp3) is 0.600. The molecule has 4 nitrogen and oxygen atoms in total. The minimum atomic E-state index is -3.58. The summed E-state index contributed by atoms with van der Waals surface area (Å²) in [7, 11) is -3.58. The van der Waals surface area contributed by atoms with Gasteiger partial charge in [-0.05, 0) is 43.4 Å². The largest absolute Gasteiger partial charge is 0.329 e. The number of rotatable bonds is 4. The Labute approximate surface area is 132 Å². The summed E-state index contributed by atoms with van der Waals surface area (Å²) in [5.74, 6) is 0.554. The van der Waals surface area contributed by atoms with Gasteiger partial charge in [-0.25, -0.2) is 8.42 Å². The van der Waals surface area contributed by atoms with Crippen LogP contribution < -0.4 is 5.73 Å². The quantitative estimate of drug-likeness (QED) is 0.923. The molecule has 1 aromatic carbocycles. The van der Waals surface area contributed by atoms with Gasteiger partial charge in [-0.2, -0.15) is 4.31 Å². The third kappa shape index (κ3) is 3.42. The van der Waals surface area contributed by atoms with Crippen molar-refractivity contribution in [3.05, 3.63) is 28.8 Å². The third-order valence-electron chi connectivity index (χ3n) is 4.29. The average molecular weight is 331 g/mol. The highest BCUT2D eigenvalue weighted by molar-refractivity contribution is 7.89. The van der Waals surface area contributed by atoms with Crippen molar-refractivity contribution in [2.45, 2.75) is 44.0 Å². The van der Waals surface area contributed by atoms with Gasteiger partial charge in [0.1, 0.15) is 4.90 Å². The van der Waals surface area contributed by atoms with Gasteiger partial charge < -0.3 is 5.73 Å². The monoisotopic (exact) mass is 330 g/mol. The summed E-state index contributed by atoms with van der Waals surface area (Å²) in [6, 6.07) is 4.91. The van der Waals surface area contributed by atoms with Crippen LogP contribution in [0.1, 0.15) is 31.7 Å². The second-order valence-electron chi connectivity index (χ2n) is 5.74. The first kappa shape index (κ1) is 16.7. The molecule has 2 rings (SSSR count). The van der Waals surface area contributed by atoms with Crippen molar-refractivity contribution in [3.8, 4) is 0 Å². The maximum absolute atomic E-state index is 12.9. The van der Waals surface area contributed by atoms with Crippen LogP contribution in [0.15, 0.2) is 23.1 Å². The highest BCUT2D eigenvalue weighted by Gasteiger charge is 2.36. The first-order chi connectivity index (χ1) is 9.90. The number of hydrogen-bond acceptors (Lipinski definition) is 3. The molecule has 1 aliphatic heterocycles. The summed E-state index contributed by atoms with van der Waals surface area (Å²) in [4.78, 5) is 0.183. The molecule has 0 radical (unpaired) electrons. The first-order valence-corrected chi connectivity index (χ1v) is 9.20. The van der Waals surface area contributed by atoms with Gasteiger partial charge in [0.15, 0.2) is 0 Å². The van der Waals surface area contributed by atoms with Gasteiger partial charge in [0.05, 0.1) is 5.02 Å². The molecular formula is C15H23ClN2O2S. The Morgan fingerprint density at radius 2 is 2.14 bits per heavy atom. The molecule has 118 valence electrons. The fourth-order valence-corrected chi connectivity index (χ4v) is 5.19. The number of nitrogens with zero attached hydrogens (tertiary/aromatic N) is 1. The Morgan fingerprint density at radius 1 is 1.43 bits per heavy atom. The lowest BCUT2D eigenvalue weighted by Gasteiger charge is -2.37. The van der Waals surface area contributed by atoms with E-state index in [9.17, 15) is 8.42 Å². The van der Waals surface area contributed by atoms with E-state index in [1.54, 1.807) is 18.2 Å². The minimum Gasteiger partial charge on any atom is -0.329 e. The maximum Gasteiger partial charge on any atom is 0.244 e. The lowest BCUT2D eigenvalue weighted by atomic mass is 9.90. The van der Waals surface area contributed by atoms with Crippen LogP contribution in [0.4, 0.5) is 0 Å². The van der Waals surface area contributed by atoms with Gasteiger partial charge >= 0.3 is 0 Å². The number of benzene rings is 1. The van der Waals surface area contributed by atoms with Crippen LogP contribution in [0.3, 0.4) is 0 Å². The van der Waals surface area contributed by atoms with Gasteiger partial charge in [-0.15, -0.1) is 0 Å². The molecule has 0 spiro atoms. The standard InChI is InChI=1S/C15H23ClN2O2S/c1-3-12-6-7-18(13(9-12)10-17)21(19,20)15-5-4-11(2)8-14(15)16/h4-5,8,12-13H,3,6-7,9-10,17H2,1-2H3. The predicted octanol–water partition coefficient (Wildman–Crippen LogP) is 2.79. The Kier molecular flexibility index (Phi) is 5.30. The van der Waals surface area contributed by atoms with E-state index in [0.29, 0.717) is 19.0 Å². The van der Waals surface area contributed by atoms with Crippen LogP contribution in [-0.2, 0) is 10.0 Å². The molecule has 2 unspecified atom stereocenters. The topological polar surface area (TPSA) is 63.4 Å². The highest BCUT2D eigenvalue weighted by Crippen LogP contribution is 2.32. The zero-order chi connectivity index (χ0) is 15.6.